The van der Waals surface area contributed by atoms with Crippen LogP contribution in [0.25, 0.3) is 0 Å². The van der Waals surface area contributed by atoms with Gasteiger partial charge in [-0.05, 0) is 30.5 Å². The standard InChI is InChI=1S/C18H24N4O3S/c1-20-7-3-4-14-5-6-16(10-17(14)20)26(23,24)22-8-9-25-18(13-22)15-11-19-21(2)12-15/h5-6,10-12,18H,3-4,7-9,13H2,1-2H3. The first-order valence-corrected chi connectivity index (χ1v) is 10.3. The van der Waals surface area contributed by atoms with E-state index >= 15 is 0 Å². The van der Waals surface area contributed by atoms with Gasteiger partial charge in [0.25, 0.3) is 0 Å². The number of benzene rings is 1. The fourth-order valence-corrected chi connectivity index (χ4v) is 5.14. The average molecular weight is 376 g/mol. The molecule has 2 aromatic rings. The number of nitrogens with zero attached hydrogens (tertiary/aromatic N) is 4. The molecule has 0 spiro atoms. The summed E-state index contributed by atoms with van der Waals surface area (Å²) in [4.78, 5) is 2.49. The molecule has 7 nitrogen and oxygen atoms in total. The normalized spacial score (nSPS) is 21.6. The first-order chi connectivity index (χ1) is 12.4. The minimum atomic E-state index is -3.55. The molecule has 8 heteroatoms. The predicted molar refractivity (Wildman–Crippen MR) is 98.7 cm³/mol. The van der Waals surface area contributed by atoms with Crippen molar-refractivity contribution in [1.82, 2.24) is 14.1 Å². The van der Waals surface area contributed by atoms with Gasteiger partial charge in [-0.25, -0.2) is 8.42 Å². The van der Waals surface area contributed by atoms with Crippen molar-refractivity contribution >= 4 is 15.7 Å². The Balaban J connectivity index is 1.61. The fraction of sp³-hybridized carbons (Fsp3) is 0.500. The van der Waals surface area contributed by atoms with Crippen molar-refractivity contribution in [1.29, 1.82) is 0 Å². The summed E-state index contributed by atoms with van der Waals surface area (Å²) >= 11 is 0. The minimum absolute atomic E-state index is 0.285. The summed E-state index contributed by atoms with van der Waals surface area (Å²) in [6.07, 6.45) is 5.42. The highest BCUT2D eigenvalue weighted by atomic mass is 32.2. The molecule has 1 unspecified atom stereocenters. The Kier molecular flexibility index (Phi) is 4.50. The molecule has 1 saturated heterocycles. The molecule has 2 aliphatic rings. The molecule has 1 fully saturated rings. The number of morpholine rings is 1. The van der Waals surface area contributed by atoms with E-state index in [-0.39, 0.29) is 6.10 Å². The van der Waals surface area contributed by atoms with E-state index in [2.05, 4.69) is 10.00 Å². The lowest BCUT2D eigenvalue weighted by Crippen LogP contribution is -2.42. The van der Waals surface area contributed by atoms with Gasteiger partial charge in [-0.15, -0.1) is 0 Å². The van der Waals surface area contributed by atoms with Crippen molar-refractivity contribution in [2.75, 3.05) is 38.2 Å². The molecule has 1 aromatic heterocycles. The Hall–Kier alpha value is -1.90. The van der Waals surface area contributed by atoms with Gasteiger partial charge in [-0.1, -0.05) is 6.07 Å². The van der Waals surface area contributed by atoms with Gasteiger partial charge >= 0.3 is 0 Å². The van der Waals surface area contributed by atoms with Gasteiger partial charge < -0.3 is 9.64 Å². The third-order valence-electron chi connectivity index (χ3n) is 5.17. The Labute approximate surface area is 154 Å². The molecule has 0 aliphatic carbocycles. The lowest BCUT2D eigenvalue weighted by molar-refractivity contribution is -0.00259. The zero-order chi connectivity index (χ0) is 18.3. The van der Waals surface area contributed by atoms with Crippen LogP contribution in [0.5, 0.6) is 0 Å². The molecular weight excluding hydrogens is 352 g/mol. The molecule has 0 bridgehead atoms. The summed E-state index contributed by atoms with van der Waals surface area (Å²) in [5, 5.41) is 4.16. The zero-order valence-electron chi connectivity index (χ0n) is 15.1. The van der Waals surface area contributed by atoms with E-state index < -0.39 is 10.0 Å². The minimum Gasteiger partial charge on any atom is -0.374 e. The van der Waals surface area contributed by atoms with Gasteiger partial charge in [0.05, 0.1) is 23.8 Å². The van der Waals surface area contributed by atoms with Crippen LogP contribution in [0.2, 0.25) is 0 Å². The lowest BCUT2D eigenvalue weighted by atomic mass is 10.0. The van der Waals surface area contributed by atoms with E-state index in [1.165, 1.54) is 9.87 Å². The van der Waals surface area contributed by atoms with Crippen molar-refractivity contribution in [3.8, 4) is 0 Å². The molecule has 4 rings (SSSR count). The number of rotatable bonds is 3. The number of anilines is 1. The fourth-order valence-electron chi connectivity index (χ4n) is 3.70. The van der Waals surface area contributed by atoms with Crippen LogP contribution in [0.4, 0.5) is 5.69 Å². The van der Waals surface area contributed by atoms with Crippen molar-refractivity contribution in [3.63, 3.8) is 0 Å². The van der Waals surface area contributed by atoms with Crippen molar-refractivity contribution in [3.05, 3.63) is 41.7 Å². The lowest BCUT2D eigenvalue weighted by Gasteiger charge is -2.32. The van der Waals surface area contributed by atoms with Gasteiger partial charge in [0.1, 0.15) is 0 Å². The molecular formula is C18H24N4O3S. The molecule has 1 aromatic carbocycles. The van der Waals surface area contributed by atoms with E-state index in [4.69, 9.17) is 4.74 Å². The maximum absolute atomic E-state index is 13.2. The summed E-state index contributed by atoms with van der Waals surface area (Å²) in [6.45, 7) is 2.01. The number of hydrogen-bond donors (Lipinski definition) is 0. The quantitative estimate of drug-likeness (QED) is 0.813. The molecule has 0 saturated carbocycles. The Morgan fingerprint density at radius 2 is 2.08 bits per heavy atom. The number of ether oxygens (including phenoxy) is 1. The summed E-state index contributed by atoms with van der Waals surface area (Å²) in [5.74, 6) is 0. The first-order valence-electron chi connectivity index (χ1n) is 8.89. The van der Waals surface area contributed by atoms with Gasteiger partial charge in [-0.2, -0.15) is 9.40 Å². The molecule has 0 radical (unpaired) electrons. The van der Waals surface area contributed by atoms with Gasteiger partial charge in [0.15, 0.2) is 0 Å². The van der Waals surface area contributed by atoms with E-state index in [1.807, 2.05) is 32.4 Å². The van der Waals surface area contributed by atoms with Crippen LogP contribution in [-0.4, -0.2) is 55.8 Å². The smallest absolute Gasteiger partial charge is 0.243 e. The maximum atomic E-state index is 13.2. The molecule has 0 N–H and O–H groups in total. The van der Waals surface area contributed by atoms with Crippen LogP contribution in [0.15, 0.2) is 35.5 Å². The van der Waals surface area contributed by atoms with Crippen LogP contribution >= 0.6 is 0 Å². The van der Waals surface area contributed by atoms with Crippen LogP contribution < -0.4 is 4.90 Å². The predicted octanol–water partition coefficient (Wildman–Crippen LogP) is 1.56. The number of hydrogen-bond acceptors (Lipinski definition) is 5. The highest BCUT2D eigenvalue weighted by Gasteiger charge is 2.32. The number of aromatic nitrogens is 2. The van der Waals surface area contributed by atoms with E-state index in [0.717, 1.165) is 30.6 Å². The maximum Gasteiger partial charge on any atom is 0.243 e. The molecule has 2 aliphatic heterocycles. The van der Waals surface area contributed by atoms with Crippen LogP contribution in [-0.2, 0) is 28.2 Å². The summed E-state index contributed by atoms with van der Waals surface area (Å²) in [7, 11) is 0.300. The first kappa shape index (κ1) is 17.5. The average Bonchev–Trinajstić information content (AvgIpc) is 3.08. The number of aryl methyl sites for hydroxylation is 2. The third-order valence-corrected chi connectivity index (χ3v) is 7.03. The number of fused-ring (bicyclic) bond motifs is 1. The van der Waals surface area contributed by atoms with Crippen LogP contribution in [0.3, 0.4) is 0 Å². The van der Waals surface area contributed by atoms with Crippen molar-refractivity contribution in [2.45, 2.75) is 23.8 Å². The Bertz CT molecular complexity index is 909. The molecule has 140 valence electrons. The summed E-state index contributed by atoms with van der Waals surface area (Å²) in [5.41, 5.74) is 3.14. The van der Waals surface area contributed by atoms with Crippen LogP contribution in [0, 0.1) is 0 Å². The van der Waals surface area contributed by atoms with E-state index in [9.17, 15) is 8.42 Å². The third kappa shape index (κ3) is 3.13. The Morgan fingerprint density at radius 1 is 1.23 bits per heavy atom. The molecule has 0 amide bonds. The monoisotopic (exact) mass is 376 g/mol. The second-order valence-corrected chi connectivity index (χ2v) is 8.92. The number of sulfonamides is 1. The van der Waals surface area contributed by atoms with Crippen LogP contribution in [0.1, 0.15) is 23.7 Å². The van der Waals surface area contributed by atoms with Gasteiger partial charge in [-0.3, -0.25) is 4.68 Å². The highest BCUT2D eigenvalue weighted by molar-refractivity contribution is 7.89. The highest BCUT2D eigenvalue weighted by Crippen LogP contribution is 2.31. The van der Waals surface area contributed by atoms with Crippen molar-refractivity contribution in [2.24, 2.45) is 7.05 Å². The van der Waals surface area contributed by atoms with Crippen molar-refractivity contribution < 1.29 is 13.2 Å². The zero-order valence-corrected chi connectivity index (χ0v) is 15.9. The summed E-state index contributed by atoms with van der Waals surface area (Å²) in [6, 6.07) is 5.51. The molecule has 1 atom stereocenters. The van der Waals surface area contributed by atoms with E-state index in [1.54, 1.807) is 16.9 Å². The Morgan fingerprint density at radius 3 is 2.85 bits per heavy atom. The largest absolute Gasteiger partial charge is 0.374 e. The van der Waals surface area contributed by atoms with E-state index in [0.29, 0.717) is 24.6 Å². The second kappa shape index (κ2) is 6.68. The second-order valence-electron chi connectivity index (χ2n) is 6.99. The molecule has 26 heavy (non-hydrogen) atoms. The van der Waals surface area contributed by atoms with Gasteiger partial charge in [0.2, 0.25) is 10.0 Å². The summed E-state index contributed by atoms with van der Waals surface area (Å²) < 4.78 is 35.4. The topological polar surface area (TPSA) is 67.7 Å². The SMILES string of the molecule is CN1CCCc2ccc(S(=O)(=O)N3CCOC(c4cnn(C)c4)C3)cc21. The molecule has 3 heterocycles. The van der Waals surface area contributed by atoms with Gasteiger partial charge in [0, 0.05) is 51.2 Å².